The normalized spacial score (nSPS) is 21.5. The summed E-state index contributed by atoms with van der Waals surface area (Å²) >= 11 is 0. The summed E-state index contributed by atoms with van der Waals surface area (Å²) in [7, 11) is 0. The second-order valence-electron chi connectivity index (χ2n) is 5.82. The molecule has 0 aliphatic carbocycles. The molecule has 0 spiro atoms. The Morgan fingerprint density at radius 2 is 2.20 bits per heavy atom. The van der Waals surface area contributed by atoms with Crippen LogP contribution < -0.4 is 5.32 Å². The summed E-state index contributed by atoms with van der Waals surface area (Å²) in [5.74, 6) is -0.561. The molecule has 0 aromatic heterocycles. The van der Waals surface area contributed by atoms with Crippen molar-refractivity contribution in [2.75, 3.05) is 11.9 Å². The number of nitrogens with one attached hydrogen (secondary N) is 1. The van der Waals surface area contributed by atoms with Gasteiger partial charge in [-0.25, -0.2) is 4.39 Å². The van der Waals surface area contributed by atoms with E-state index in [9.17, 15) is 14.5 Å². The van der Waals surface area contributed by atoms with E-state index < -0.39 is 10.7 Å². The zero-order chi connectivity index (χ0) is 14.9. The molecule has 1 heterocycles. The molecule has 1 aromatic carbocycles. The highest BCUT2D eigenvalue weighted by molar-refractivity contribution is 5.63. The molecule has 1 aliphatic rings. The first-order valence-electron chi connectivity index (χ1n) is 6.63. The molecule has 1 atom stereocenters. The molecule has 1 aromatic rings. The molecule has 0 saturated carbocycles. The summed E-state index contributed by atoms with van der Waals surface area (Å²) in [6.45, 7) is 6.19. The minimum Gasteiger partial charge on any atom is -0.377 e. The quantitative estimate of drug-likeness (QED) is 0.681. The van der Waals surface area contributed by atoms with Crippen LogP contribution >= 0.6 is 0 Å². The van der Waals surface area contributed by atoms with Crippen molar-refractivity contribution in [1.82, 2.24) is 0 Å². The van der Waals surface area contributed by atoms with Crippen LogP contribution in [0.25, 0.3) is 0 Å². The molecular formula is C14H19FN2O3. The predicted octanol–water partition coefficient (Wildman–Crippen LogP) is 3.41. The largest absolute Gasteiger partial charge is 0.377 e. The number of nitrogens with zero attached hydrogens (tertiary/aromatic N) is 1. The monoisotopic (exact) mass is 282 g/mol. The van der Waals surface area contributed by atoms with E-state index in [1.807, 2.05) is 13.8 Å². The van der Waals surface area contributed by atoms with E-state index in [1.165, 1.54) is 6.07 Å². The lowest BCUT2D eigenvalue weighted by Crippen LogP contribution is -2.40. The number of hydrogen-bond acceptors (Lipinski definition) is 4. The summed E-state index contributed by atoms with van der Waals surface area (Å²) in [6, 6.07) is 2.56. The van der Waals surface area contributed by atoms with Crippen molar-refractivity contribution in [1.29, 1.82) is 0 Å². The minimum absolute atomic E-state index is 0.0855. The Morgan fingerprint density at radius 3 is 2.80 bits per heavy atom. The highest BCUT2D eigenvalue weighted by Crippen LogP contribution is 2.32. The van der Waals surface area contributed by atoms with Crippen molar-refractivity contribution in [3.63, 3.8) is 0 Å². The molecule has 1 saturated heterocycles. The number of rotatable bonds is 3. The van der Waals surface area contributed by atoms with Gasteiger partial charge in [-0.2, -0.15) is 0 Å². The number of halogens is 1. The van der Waals surface area contributed by atoms with E-state index in [0.717, 1.165) is 18.9 Å². The van der Waals surface area contributed by atoms with E-state index >= 15 is 0 Å². The summed E-state index contributed by atoms with van der Waals surface area (Å²) in [5, 5.41) is 14.2. The molecule has 1 N–H and O–H groups in total. The fourth-order valence-electron chi connectivity index (χ4n) is 2.51. The van der Waals surface area contributed by atoms with E-state index in [-0.39, 0.29) is 17.3 Å². The molecule has 20 heavy (non-hydrogen) atoms. The molecule has 5 nitrogen and oxygen atoms in total. The zero-order valence-electron chi connectivity index (χ0n) is 11.9. The number of ether oxygens (including phenoxy) is 1. The second kappa shape index (κ2) is 5.36. The van der Waals surface area contributed by atoms with Crippen LogP contribution in [0.3, 0.4) is 0 Å². The Morgan fingerprint density at radius 1 is 1.50 bits per heavy atom. The van der Waals surface area contributed by atoms with Crippen LogP contribution in [0.5, 0.6) is 0 Å². The minimum atomic E-state index is -0.561. The molecule has 0 bridgehead atoms. The molecule has 6 heteroatoms. The number of nitro benzene ring substituents is 1. The third-order valence-electron chi connectivity index (χ3n) is 3.53. The summed E-state index contributed by atoms with van der Waals surface area (Å²) in [5.41, 5.74) is 0.290. The van der Waals surface area contributed by atoms with E-state index in [0.29, 0.717) is 17.9 Å². The smallest absolute Gasteiger partial charge is 0.295 e. The van der Waals surface area contributed by atoms with E-state index in [1.54, 1.807) is 6.92 Å². The Hall–Kier alpha value is -1.69. The van der Waals surface area contributed by atoms with E-state index in [4.69, 9.17) is 4.74 Å². The van der Waals surface area contributed by atoms with Crippen molar-refractivity contribution < 1.29 is 14.1 Å². The van der Waals surface area contributed by atoms with Gasteiger partial charge in [-0.15, -0.1) is 0 Å². The van der Waals surface area contributed by atoms with Crippen LogP contribution in [0, 0.1) is 22.9 Å². The number of nitro groups is 1. The zero-order valence-corrected chi connectivity index (χ0v) is 11.9. The Balaban J connectivity index is 2.24. The maximum atomic E-state index is 13.5. The third kappa shape index (κ3) is 3.25. The summed E-state index contributed by atoms with van der Waals surface area (Å²) in [4.78, 5) is 10.5. The summed E-state index contributed by atoms with van der Waals surface area (Å²) in [6.07, 6.45) is 1.53. The van der Waals surface area contributed by atoms with Crippen LogP contribution in [0.15, 0.2) is 12.1 Å². The van der Waals surface area contributed by atoms with Crippen molar-refractivity contribution in [2.45, 2.75) is 45.3 Å². The maximum Gasteiger partial charge on any atom is 0.295 e. The first-order chi connectivity index (χ1) is 9.28. The second-order valence-corrected chi connectivity index (χ2v) is 5.82. The van der Waals surface area contributed by atoms with Crippen molar-refractivity contribution >= 4 is 11.4 Å². The van der Waals surface area contributed by atoms with Gasteiger partial charge in [-0.05, 0) is 45.2 Å². The average Bonchev–Trinajstić information content (AvgIpc) is 2.32. The van der Waals surface area contributed by atoms with Gasteiger partial charge in [0.25, 0.3) is 5.69 Å². The number of aryl methyl sites for hydroxylation is 1. The van der Waals surface area contributed by atoms with Gasteiger partial charge in [-0.1, -0.05) is 0 Å². The predicted molar refractivity (Wildman–Crippen MR) is 74.5 cm³/mol. The highest BCUT2D eigenvalue weighted by Gasteiger charge is 2.30. The average molecular weight is 282 g/mol. The number of benzene rings is 1. The number of anilines is 1. The molecular weight excluding hydrogens is 263 g/mol. The van der Waals surface area contributed by atoms with Gasteiger partial charge in [0, 0.05) is 12.6 Å². The van der Waals surface area contributed by atoms with Crippen molar-refractivity contribution in [3.05, 3.63) is 33.6 Å². The topological polar surface area (TPSA) is 64.4 Å². The van der Waals surface area contributed by atoms with Gasteiger partial charge in [-0.3, -0.25) is 10.1 Å². The van der Waals surface area contributed by atoms with Crippen LogP contribution in [-0.2, 0) is 4.74 Å². The SMILES string of the molecule is Cc1cc(NC2CCOC(C)(C)C2)c([N+](=O)[O-])cc1F. The molecule has 0 amide bonds. The summed E-state index contributed by atoms with van der Waals surface area (Å²) < 4.78 is 19.1. The first kappa shape index (κ1) is 14.7. The van der Waals surface area contributed by atoms with E-state index in [2.05, 4.69) is 5.32 Å². The van der Waals surface area contributed by atoms with Gasteiger partial charge in [0.15, 0.2) is 0 Å². The van der Waals surface area contributed by atoms with Gasteiger partial charge in [0.2, 0.25) is 0 Å². The molecule has 110 valence electrons. The first-order valence-corrected chi connectivity index (χ1v) is 6.63. The fraction of sp³-hybridized carbons (Fsp3) is 0.571. The lowest BCUT2D eigenvalue weighted by atomic mass is 9.93. The van der Waals surface area contributed by atoms with Crippen LogP contribution in [-0.4, -0.2) is 23.2 Å². The lowest BCUT2D eigenvalue weighted by Gasteiger charge is -2.36. The Bertz CT molecular complexity index is 531. The van der Waals surface area contributed by atoms with Gasteiger partial charge < -0.3 is 10.1 Å². The number of hydrogen-bond donors (Lipinski definition) is 1. The van der Waals surface area contributed by atoms with Gasteiger partial charge >= 0.3 is 0 Å². The highest BCUT2D eigenvalue weighted by atomic mass is 19.1. The van der Waals surface area contributed by atoms with Crippen LogP contribution in [0.1, 0.15) is 32.3 Å². The van der Waals surface area contributed by atoms with Crippen molar-refractivity contribution in [3.8, 4) is 0 Å². The van der Waals surface area contributed by atoms with Gasteiger partial charge in [0.1, 0.15) is 11.5 Å². The molecule has 1 unspecified atom stereocenters. The lowest BCUT2D eigenvalue weighted by molar-refractivity contribution is -0.384. The maximum absolute atomic E-state index is 13.5. The van der Waals surface area contributed by atoms with Crippen LogP contribution in [0.2, 0.25) is 0 Å². The molecule has 2 rings (SSSR count). The molecule has 1 aliphatic heterocycles. The fourth-order valence-corrected chi connectivity index (χ4v) is 2.51. The standard InChI is InChI=1S/C14H19FN2O3/c1-9-6-12(13(17(18)19)7-11(9)15)16-10-4-5-20-14(2,3)8-10/h6-7,10,16H,4-5,8H2,1-3H3. The molecule has 0 radical (unpaired) electrons. The Labute approximate surface area is 117 Å². The van der Waals surface area contributed by atoms with Crippen LogP contribution in [0.4, 0.5) is 15.8 Å². The van der Waals surface area contributed by atoms with Gasteiger partial charge in [0.05, 0.1) is 16.6 Å². The van der Waals surface area contributed by atoms with Crippen molar-refractivity contribution in [2.24, 2.45) is 0 Å². The Kier molecular flexibility index (Phi) is 3.94. The molecule has 1 fully saturated rings. The third-order valence-corrected chi connectivity index (χ3v) is 3.53.